The molecule has 3 nitrogen and oxygen atoms in total. The highest BCUT2D eigenvalue weighted by Crippen LogP contribution is 2.25. The summed E-state index contributed by atoms with van der Waals surface area (Å²) in [6, 6.07) is 6.79. The molecule has 1 aromatic carbocycles. The maximum absolute atomic E-state index is 5.91. The number of nitrogens with two attached hydrogens (primary N) is 1. The van der Waals surface area contributed by atoms with Crippen LogP contribution in [0.25, 0.3) is 0 Å². The summed E-state index contributed by atoms with van der Waals surface area (Å²) >= 11 is 3.57. The number of hydrogen-bond acceptors (Lipinski definition) is 3. The molecule has 0 bridgehead atoms. The van der Waals surface area contributed by atoms with Gasteiger partial charge in [0.15, 0.2) is 0 Å². The zero-order valence-electron chi connectivity index (χ0n) is 11.2. The van der Waals surface area contributed by atoms with Gasteiger partial charge in [0.25, 0.3) is 0 Å². The van der Waals surface area contributed by atoms with Crippen LogP contribution in [0.3, 0.4) is 0 Å². The molecule has 1 fully saturated rings. The van der Waals surface area contributed by atoms with E-state index in [0.717, 1.165) is 23.2 Å². The van der Waals surface area contributed by atoms with E-state index < -0.39 is 0 Å². The minimum Gasteiger partial charge on any atom is -0.398 e. The SMILES string of the molecule is CN(Cc1cccc(N)c1Br)CC1CCCN1C. The van der Waals surface area contributed by atoms with E-state index in [2.05, 4.69) is 45.9 Å². The Balaban J connectivity index is 1.94. The average Bonchev–Trinajstić information content (AvgIpc) is 2.71. The Hall–Kier alpha value is -0.580. The molecule has 1 atom stereocenters. The molecule has 2 rings (SSSR count). The first-order chi connectivity index (χ1) is 8.58. The summed E-state index contributed by atoms with van der Waals surface area (Å²) in [5.41, 5.74) is 7.99. The predicted molar refractivity (Wildman–Crippen MR) is 80.5 cm³/mol. The largest absolute Gasteiger partial charge is 0.398 e. The quantitative estimate of drug-likeness (QED) is 0.867. The van der Waals surface area contributed by atoms with Gasteiger partial charge in [-0.25, -0.2) is 0 Å². The summed E-state index contributed by atoms with van der Waals surface area (Å²) in [6.45, 7) is 3.30. The molecule has 0 amide bonds. The van der Waals surface area contributed by atoms with Crippen molar-refractivity contribution in [2.45, 2.75) is 25.4 Å². The van der Waals surface area contributed by atoms with Crippen LogP contribution in [0.1, 0.15) is 18.4 Å². The molecule has 1 aromatic rings. The van der Waals surface area contributed by atoms with Gasteiger partial charge in [0.05, 0.1) is 0 Å². The fourth-order valence-corrected chi connectivity index (χ4v) is 3.04. The molecule has 1 aliphatic rings. The predicted octanol–water partition coefficient (Wildman–Crippen LogP) is 2.56. The minimum absolute atomic E-state index is 0.704. The van der Waals surface area contributed by atoms with Crippen LogP contribution in [0, 0.1) is 0 Å². The van der Waals surface area contributed by atoms with E-state index in [0.29, 0.717) is 6.04 Å². The zero-order chi connectivity index (χ0) is 13.1. The second-order valence-electron chi connectivity index (χ2n) is 5.29. The highest BCUT2D eigenvalue weighted by atomic mass is 79.9. The Labute approximate surface area is 118 Å². The van der Waals surface area contributed by atoms with Gasteiger partial charge >= 0.3 is 0 Å². The van der Waals surface area contributed by atoms with Crippen molar-refractivity contribution >= 4 is 21.6 Å². The molecule has 1 heterocycles. The Kier molecular flexibility index (Phi) is 4.65. The lowest BCUT2D eigenvalue weighted by molar-refractivity contribution is 0.215. The molecular weight excluding hydrogens is 290 g/mol. The van der Waals surface area contributed by atoms with E-state index in [1.54, 1.807) is 0 Å². The Morgan fingerprint density at radius 1 is 1.50 bits per heavy atom. The first-order valence-electron chi connectivity index (χ1n) is 6.49. The number of likely N-dealkylation sites (tertiary alicyclic amines) is 1. The number of hydrogen-bond donors (Lipinski definition) is 1. The standard InChI is InChI=1S/C14H22BrN3/c1-17(10-12-6-4-8-18(12)2)9-11-5-3-7-13(16)14(11)15/h3,5,7,12H,4,6,8-10,16H2,1-2H3. The van der Waals surface area contributed by atoms with Crippen LogP contribution in [-0.4, -0.2) is 43.0 Å². The van der Waals surface area contributed by atoms with Gasteiger partial charge in [-0.05, 0) is 61.0 Å². The van der Waals surface area contributed by atoms with Crippen LogP contribution in [0.2, 0.25) is 0 Å². The molecular formula is C14H22BrN3. The molecule has 0 aromatic heterocycles. The molecule has 0 radical (unpaired) electrons. The lowest BCUT2D eigenvalue weighted by atomic mass is 10.1. The summed E-state index contributed by atoms with van der Waals surface area (Å²) in [5.74, 6) is 0. The van der Waals surface area contributed by atoms with Gasteiger partial charge in [-0.15, -0.1) is 0 Å². The summed E-state index contributed by atoms with van der Waals surface area (Å²) < 4.78 is 1.04. The van der Waals surface area contributed by atoms with Crippen molar-refractivity contribution in [1.29, 1.82) is 0 Å². The van der Waals surface area contributed by atoms with E-state index in [4.69, 9.17) is 5.73 Å². The normalized spacial score (nSPS) is 20.8. The fourth-order valence-electron chi connectivity index (χ4n) is 2.65. The Morgan fingerprint density at radius 3 is 2.94 bits per heavy atom. The second kappa shape index (κ2) is 6.04. The van der Waals surface area contributed by atoms with E-state index >= 15 is 0 Å². The molecule has 0 spiro atoms. The van der Waals surface area contributed by atoms with E-state index in [-0.39, 0.29) is 0 Å². The number of anilines is 1. The number of nitrogens with zero attached hydrogens (tertiary/aromatic N) is 2. The van der Waals surface area contributed by atoms with Gasteiger partial charge < -0.3 is 15.5 Å². The van der Waals surface area contributed by atoms with Gasteiger partial charge in [-0.2, -0.15) is 0 Å². The van der Waals surface area contributed by atoms with Gasteiger partial charge in [0.1, 0.15) is 0 Å². The number of likely N-dealkylation sites (N-methyl/N-ethyl adjacent to an activating group) is 2. The Bertz CT molecular complexity index is 408. The molecule has 4 heteroatoms. The smallest absolute Gasteiger partial charge is 0.0461 e. The molecule has 18 heavy (non-hydrogen) atoms. The molecule has 100 valence electrons. The number of halogens is 1. The number of rotatable bonds is 4. The minimum atomic E-state index is 0.704. The summed E-state index contributed by atoms with van der Waals surface area (Å²) in [6.07, 6.45) is 2.65. The fraction of sp³-hybridized carbons (Fsp3) is 0.571. The molecule has 1 saturated heterocycles. The van der Waals surface area contributed by atoms with Gasteiger partial charge in [-0.1, -0.05) is 12.1 Å². The Morgan fingerprint density at radius 2 is 2.28 bits per heavy atom. The molecule has 1 unspecified atom stereocenters. The van der Waals surface area contributed by atoms with Gasteiger partial charge in [0.2, 0.25) is 0 Å². The average molecular weight is 312 g/mol. The van der Waals surface area contributed by atoms with Crippen LogP contribution in [-0.2, 0) is 6.54 Å². The zero-order valence-corrected chi connectivity index (χ0v) is 12.8. The summed E-state index contributed by atoms with van der Waals surface area (Å²) in [5, 5.41) is 0. The molecule has 0 saturated carbocycles. The van der Waals surface area contributed by atoms with Crippen LogP contribution < -0.4 is 5.73 Å². The van der Waals surface area contributed by atoms with Crippen LogP contribution in [0.5, 0.6) is 0 Å². The van der Waals surface area contributed by atoms with Crippen molar-refractivity contribution in [3.05, 3.63) is 28.2 Å². The van der Waals surface area contributed by atoms with Crippen molar-refractivity contribution in [1.82, 2.24) is 9.80 Å². The molecule has 0 aliphatic carbocycles. The van der Waals surface area contributed by atoms with Gasteiger partial charge in [-0.3, -0.25) is 0 Å². The molecule has 2 N–H and O–H groups in total. The number of nitrogen functional groups attached to an aromatic ring is 1. The van der Waals surface area contributed by atoms with Crippen molar-refractivity contribution in [3.63, 3.8) is 0 Å². The summed E-state index contributed by atoms with van der Waals surface area (Å²) in [7, 11) is 4.41. The maximum Gasteiger partial charge on any atom is 0.0461 e. The van der Waals surface area contributed by atoms with E-state index in [1.165, 1.54) is 24.9 Å². The van der Waals surface area contributed by atoms with Crippen molar-refractivity contribution < 1.29 is 0 Å². The van der Waals surface area contributed by atoms with Crippen molar-refractivity contribution in [2.24, 2.45) is 0 Å². The van der Waals surface area contributed by atoms with Gasteiger partial charge in [0, 0.05) is 29.3 Å². The maximum atomic E-state index is 5.91. The van der Waals surface area contributed by atoms with Crippen LogP contribution in [0.4, 0.5) is 5.69 Å². The third-order valence-electron chi connectivity index (χ3n) is 3.74. The first kappa shape index (κ1) is 13.8. The van der Waals surface area contributed by atoms with E-state index in [9.17, 15) is 0 Å². The monoisotopic (exact) mass is 311 g/mol. The van der Waals surface area contributed by atoms with Crippen molar-refractivity contribution in [2.75, 3.05) is 32.9 Å². The third-order valence-corrected chi connectivity index (χ3v) is 4.71. The highest BCUT2D eigenvalue weighted by molar-refractivity contribution is 9.10. The highest BCUT2D eigenvalue weighted by Gasteiger charge is 2.22. The third kappa shape index (κ3) is 3.25. The lowest BCUT2D eigenvalue weighted by Gasteiger charge is -2.26. The lowest BCUT2D eigenvalue weighted by Crippen LogP contribution is -2.36. The molecule has 1 aliphatic heterocycles. The van der Waals surface area contributed by atoms with Crippen molar-refractivity contribution in [3.8, 4) is 0 Å². The van der Waals surface area contributed by atoms with Crippen LogP contribution in [0.15, 0.2) is 22.7 Å². The van der Waals surface area contributed by atoms with Crippen LogP contribution >= 0.6 is 15.9 Å². The van der Waals surface area contributed by atoms with E-state index in [1.807, 2.05) is 12.1 Å². The number of benzene rings is 1. The topological polar surface area (TPSA) is 32.5 Å². The summed E-state index contributed by atoms with van der Waals surface area (Å²) in [4.78, 5) is 4.84. The second-order valence-corrected chi connectivity index (χ2v) is 6.09. The first-order valence-corrected chi connectivity index (χ1v) is 7.29.